The number of allylic oxidation sites excluding steroid dienone is 1. The van der Waals surface area contributed by atoms with Crippen LogP contribution in [0, 0.1) is 11.8 Å². The third-order valence-electron chi connectivity index (χ3n) is 3.20. The maximum atomic E-state index is 12.7. The molecule has 0 radical (unpaired) electrons. The molecule has 1 aliphatic rings. The summed E-state index contributed by atoms with van der Waals surface area (Å²) in [6, 6.07) is 0. The maximum Gasteiger partial charge on any atom is 0.393 e. The van der Waals surface area contributed by atoms with Gasteiger partial charge in [-0.3, -0.25) is 4.79 Å². The first-order valence-corrected chi connectivity index (χ1v) is 6.09. The second-order valence-corrected chi connectivity index (χ2v) is 4.58. The molecule has 1 aliphatic heterocycles. The molecule has 1 saturated heterocycles. The van der Waals surface area contributed by atoms with Gasteiger partial charge in [-0.15, -0.1) is 0 Å². The fourth-order valence-corrected chi connectivity index (χ4v) is 2.23. The minimum atomic E-state index is -4.35. The second-order valence-electron chi connectivity index (χ2n) is 4.58. The zero-order valence-corrected chi connectivity index (χ0v) is 10.4. The number of primary amides is 1. The molecule has 104 valence electrons. The molecule has 0 aromatic carbocycles. The molecule has 0 unspecified atom stereocenters. The van der Waals surface area contributed by atoms with Gasteiger partial charge in [-0.1, -0.05) is 19.1 Å². The van der Waals surface area contributed by atoms with Crippen molar-refractivity contribution in [3.05, 3.63) is 12.2 Å². The number of nitrogens with two attached hydrogens (primary N) is 1. The van der Waals surface area contributed by atoms with Gasteiger partial charge in [0, 0.05) is 19.6 Å². The van der Waals surface area contributed by atoms with Crippen molar-refractivity contribution in [1.29, 1.82) is 0 Å². The number of likely N-dealkylation sites (tertiary alicyclic amines) is 1. The summed E-state index contributed by atoms with van der Waals surface area (Å²) in [6.07, 6.45) is 1.18. The van der Waals surface area contributed by atoms with Crippen LogP contribution in [0.4, 0.5) is 13.2 Å². The minimum absolute atomic E-state index is 0.111. The molecule has 0 spiro atoms. The van der Waals surface area contributed by atoms with E-state index in [4.69, 9.17) is 5.73 Å². The summed E-state index contributed by atoms with van der Waals surface area (Å²) in [4.78, 5) is 12.7. The lowest BCUT2D eigenvalue weighted by molar-refractivity contribution is -0.182. The fraction of sp³-hybridized carbons (Fsp3) is 0.750. The van der Waals surface area contributed by atoms with E-state index in [9.17, 15) is 18.0 Å². The molecule has 0 aromatic heterocycles. The molecule has 1 rings (SSSR count). The Morgan fingerprint density at radius 1 is 1.39 bits per heavy atom. The van der Waals surface area contributed by atoms with E-state index < -0.39 is 23.9 Å². The molecule has 2 N–H and O–H groups in total. The van der Waals surface area contributed by atoms with Crippen molar-refractivity contribution in [1.82, 2.24) is 4.90 Å². The van der Waals surface area contributed by atoms with Crippen molar-refractivity contribution < 1.29 is 18.0 Å². The molecule has 0 aliphatic carbocycles. The van der Waals surface area contributed by atoms with Gasteiger partial charge in [0.2, 0.25) is 5.91 Å². The monoisotopic (exact) mass is 264 g/mol. The lowest BCUT2D eigenvalue weighted by Gasteiger charge is -2.18. The minimum Gasteiger partial charge on any atom is -0.369 e. The number of nitrogens with zero attached hydrogens (tertiary/aromatic N) is 1. The Hall–Kier alpha value is -1.04. The number of hydrogen-bond acceptors (Lipinski definition) is 2. The number of halogens is 3. The average Bonchev–Trinajstić information content (AvgIpc) is 2.68. The highest BCUT2D eigenvalue weighted by Gasteiger charge is 2.51. The summed E-state index contributed by atoms with van der Waals surface area (Å²) in [6.45, 7) is 2.51. The molecule has 1 heterocycles. The lowest BCUT2D eigenvalue weighted by Crippen LogP contribution is -2.37. The topological polar surface area (TPSA) is 46.3 Å². The molecular weight excluding hydrogens is 245 g/mol. The van der Waals surface area contributed by atoms with E-state index in [-0.39, 0.29) is 13.1 Å². The van der Waals surface area contributed by atoms with Crippen molar-refractivity contribution in [2.24, 2.45) is 17.6 Å². The summed E-state index contributed by atoms with van der Waals surface area (Å²) in [5.74, 6) is -3.59. The molecule has 1 amide bonds. The van der Waals surface area contributed by atoms with E-state index in [0.29, 0.717) is 13.0 Å². The summed E-state index contributed by atoms with van der Waals surface area (Å²) in [5.41, 5.74) is 5.04. The summed E-state index contributed by atoms with van der Waals surface area (Å²) >= 11 is 0. The predicted octanol–water partition coefficient (Wildman–Crippen LogP) is 1.94. The van der Waals surface area contributed by atoms with Gasteiger partial charge in [-0.2, -0.15) is 13.2 Å². The number of carbonyl (C=O) groups is 1. The van der Waals surface area contributed by atoms with Gasteiger partial charge in [0.05, 0.1) is 11.8 Å². The molecule has 2 atom stereocenters. The van der Waals surface area contributed by atoms with E-state index in [1.54, 1.807) is 4.90 Å². The van der Waals surface area contributed by atoms with Crippen LogP contribution in [0.5, 0.6) is 0 Å². The standard InChI is InChI=1S/C12H19F3N2O/c1-2-3-4-5-6-17-7-9(11(16)18)10(8-17)12(13,14)15/h3-4,9-10H,2,5-8H2,1H3,(H2,16,18)/b4-3+/t9-,10-/m1/s1. The van der Waals surface area contributed by atoms with Crippen molar-refractivity contribution in [3.8, 4) is 0 Å². The SMILES string of the molecule is CC/C=C/CCN1C[C@@H](C(F)(F)F)[C@H](C(N)=O)C1. The van der Waals surface area contributed by atoms with Crippen LogP contribution < -0.4 is 5.73 Å². The van der Waals surface area contributed by atoms with Gasteiger partial charge in [-0.05, 0) is 12.8 Å². The Balaban J connectivity index is 2.56. The molecular formula is C12H19F3N2O. The van der Waals surface area contributed by atoms with Gasteiger partial charge in [-0.25, -0.2) is 0 Å². The summed E-state index contributed by atoms with van der Waals surface area (Å²) in [5, 5.41) is 0. The molecule has 0 aromatic rings. The summed E-state index contributed by atoms with van der Waals surface area (Å²) in [7, 11) is 0. The highest BCUT2D eigenvalue weighted by atomic mass is 19.4. The van der Waals surface area contributed by atoms with Crippen LogP contribution in [0.3, 0.4) is 0 Å². The van der Waals surface area contributed by atoms with Gasteiger partial charge in [0.15, 0.2) is 0 Å². The summed E-state index contributed by atoms with van der Waals surface area (Å²) < 4.78 is 38.2. The number of carbonyl (C=O) groups excluding carboxylic acids is 1. The predicted molar refractivity (Wildman–Crippen MR) is 62.7 cm³/mol. The maximum absolute atomic E-state index is 12.7. The molecule has 18 heavy (non-hydrogen) atoms. The molecule has 1 fully saturated rings. The number of rotatable bonds is 5. The number of hydrogen-bond donors (Lipinski definition) is 1. The van der Waals surface area contributed by atoms with Crippen LogP contribution in [0.1, 0.15) is 19.8 Å². The van der Waals surface area contributed by atoms with E-state index in [2.05, 4.69) is 0 Å². The van der Waals surface area contributed by atoms with Gasteiger partial charge >= 0.3 is 6.18 Å². The molecule has 0 saturated carbocycles. The van der Waals surface area contributed by atoms with Crippen LogP contribution in [0.2, 0.25) is 0 Å². The molecule has 3 nitrogen and oxygen atoms in total. The van der Waals surface area contributed by atoms with Crippen LogP contribution in [0.25, 0.3) is 0 Å². The van der Waals surface area contributed by atoms with Crippen molar-refractivity contribution >= 4 is 5.91 Å². The Morgan fingerprint density at radius 2 is 2.06 bits per heavy atom. The van der Waals surface area contributed by atoms with Gasteiger partial charge in [0.25, 0.3) is 0 Å². The third-order valence-corrected chi connectivity index (χ3v) is 3.20. The quantitative estimate of drug-likeness (QED) is 0.771. The van der Waals surface area contributed by atoms with Crippen LogP contribution >= 0.6 is 0 Å². The third kappa shape index (κ3) is 4.01. The first kappa shape index (κ1) is 15.0. The van der Waals surface area contributed by atoms with Gasteiger partial charge in [0.1, 0.15) is 0 Å². The smallest absolute Gasteiger partial charge is 0.369 e. The molecule has 0 bridgehead atoms. The van der Waals surface area contributed by atoms with Crippen molar-refractivity contribution in [2.45, 2.75) is 25.9 Å². The van der Waals surface area contributed by atoms with E-state index in [0.717, 1.165) is 6.42 Å². The van der Waals surface area contributed by atoms with Crippen molar-refractivity contribution in [2.75, 3.05) is 19.6 Å². The normalized spacial score (nSPS) is 26.0. The van der Waals surface area contributed by atoms with Crippen LogP contribution in [-0.2, 0) is 4.79 Å². The second kappa shape index (κ2) is 6.22. The van der Waals surface area contributed by atoms with Crippen LogP contribution in [-0.4, -0.2) is 36.6 Å². The van der Waals surface area contributed by atoms with Crippen LogP contribution in [0.15, 0.2) is 12.2 Å². The Bertz CT molecular complexity index is 315. The lowest BCUT2D eigenvalue weighted by atomic mass is 9.95. The fourth-order valence-electron chi connectivity index (χ4n) is 2.23. The zero-order chi connectivity index (χ0) is 13.8. The van der Waals surface area contributed by atoms with E-state index in [1.807, 2.05) is 19.1 Å². The first-order chi connectivity index (χ1) is 8.36. The van der Waals surface area contributed by atoms with Gasteiger partial charge < -0.3 is 10.6 Å². The Labute approximate surface area is 105 Å². The zero-order valence-electron chi connectivity index (χ0n) is 10.4. The highest BCUT2D eigenvalue weighted by Crippen LogP contribution is 2.37. The van der Waals surface area contributed by atoms with E-state index in [1.165, 1.54) is 0 Å². The Morgan fingerprint density at radius 3 is 2.50 bits per heavy atom. The highest BCUT2D eigenvalue weighted by molar-refractivity contribution is 5.77. The van der Waals surface area contributed by atoms with E-state index >= 15 is 0 Å². The Kier molecular flexibility index (Phi) is 5.19. The average molecular weight is 264 g/mol. The molecule has 6 heteroatoms. The first-order valence-electron chi connectivity index (χ1n) is 6.09. The number of amides is 1. The number of alkyl halides is 3. The van der Waals surface area contributed by atoms with Crippen molar-refractivity contribution in [3.63, 3.8) is 0 Å². The largest absolute Gasteiger partial charge is 0.393 e.